The molecule has 2 aromatic rings. The first kappa shape index (κ1) is 16.7. The van der Waals surface area contributed by atoms with Crippen LogP contribution >= 0.6 is 0 Å². The van der Waals surface area contributed by atoms with Crippen LogP contribution < -0.4 is 15.6 Å². The number of carbonyl (C=O) groups is 1. The zero-order valence-electron chi connectivity index (χ0n) is 13.6. The van der Waals surface area contributed by atoms with Crippen LogP contribution in [0, 0.1) is 20.8 Å². The van der Waals surface area contributed by atoms with E-state index in [0.29, 0.717) is 18.8 Å². The molecule has 1 N–H and O–H groups in total. The SMILES string of the molecule is Cc1cc(C)cc(OCC(=O)NCCn2nc(C)ccc2=O)c1. The van der Waals surface area contributed by atoms with E-state index in [1.807, 2.05) is 39.0 Å². The van der Waals surface area contributed by atoms with E-state index in [2.05, 4.69) is 10.4 Å². The van der Waals surface area contributed by atoms with Gasteiger partial charge in [0.2, 0.25) is 0 Å². The maximum absolute atomic E-state index is 11.8. The molecule has 0 fully saturated rings. The summed E-state index contributed by atoms with van der Waals surface area (Å²) in [6.45, 7) is 6.37. The molecule has 0 atom stereocenters. The van der Waals surface area contributed by atoms with E-state index in [4.69, 9.17) is 4.74 Å². The number of aromatic nitrogens is 2. The van der Waals surface area contributed by atoms with E-state index in [9.17, 15) is 9.59 Å². The maximum Gasteiger partial charge on any atom is 0.266 e. The highest BCUT2D eigenvalue weighted by molar-refractivity contribution is 5.77. The van der Waals surface area contributed by atoms with Gasteiger partial charge in [-0.15, -0.1) is 0 Å². The third-order valence-corrected chi connectivity index (χ3v) is 3.21. The largest absolute Gasteiger partial charge is 0.484 e. The predicted octanol–water partition coefficient (Wildman–Crippen LogP) is 1.36. The molecule has 0 aliphatic rings. The summed E-state index contributed by atoms with van der Waals surface area (Å²) >= 11 is 0. The summed E-state index contributed by atoms with van der Waals surface area (Å²) in [5.74, 6) is 0.444. The van der Waals surface area contributed by atoms with Gasteiger partial charge in [0, 0.05) is 12.6 Å². The van der Waals surface area contributed by atoms with E-state index in [1.54, 1.807) is 6.07 Å². The molecule has 23 heavy (non-hydrogen) atoms. The second-order valence-electron chi connectivity index (χ2n) is 5.50. The fourth-order valence-corrected chi connectivity index (χ4v) is 2.23. The molecule has 0 aliphatic heterocycles. The number of aryl methyl sites for hydroxylation is 3. The van der Waals surface area contributed by atoms with Gasteiger partial charge in [-0.3, -0.25) is 9.59 Å². The summed E-state index contributed by atoms with van der Waals surface area (Å²) in [4.78, 5) is 23.4. The quantitative estimate of drug-likeness (QED) is 0.873. The highest BCUT2D eigenvalue weighted by Gasteiger charge is 2.04. The number of benzene rings is 1. The van der Waals surface area contributed by atoms with Gasteiger partial charge in [-0.25, -0.2) is 4.68 Å². The molecule has 0 spiro atoms. The average molecular weight is 315 g/mol. The lowest BCUT2D eigenvalue weighted by Gasteiger charge is -2.09. The number of nitrogens with zero attached hydrogens (tertiary/aromatic N) is 2. The Kier molecular flexibility index (Phi) is 5.51. The van der Waals surface area contributed by atoms with Crippen LogP contribution in [0.4, 0.5) is 0 Å². The van der Waals surface area contributed by atoms with Gasteiger partial charge in [0.25, 0.3) is 11.5 Å². The summed E-state index contributed by atoms with van der Waals surface area (Å²) in [5, 5.41) is 6.82. The van der Waals surface area contributed by atoms with Gasteiger partial charge in [-0.1, -0.05) is 6.07 Å². The van der Waals surface area contributed by atoms with Crippen molar-refractivity contribution in [3.05, 3.63) is 57.5 Å². The number of nitrogens with one attached hydrogen (secondary N) is 1. The van der Waals surface area contributed by atoms with Crippen molar-refractivity contribution in [2.75, 3.05) is 13.2 Å². The monoisotopic (exact) mass is 315 g/mol. The molecule has 1 amide bonds. The first-order valence-electron chi connectivity index (χ1n) is 7.46. The van der Waals surface area contributed by atoms with Gasteiger partial charge in [0.1, 0.15) is 5.75 Å². The van der Waals surface area contributed by atoms with Crippen molar-refractivity contribution in [3.8, 4) is 5.75 Å². The van der Waals surface area contributed by atoms with E-state index >= 15 is 0 Å². The van der Waals surface area contributed by atoms with Gasteiger partial charge in [-0.2, -0.15) is 5.10 Å². The van der Waals surface area contributed by atoms with Gasteiger partial charge >= 0.3 is 0 Å². The van der Waals surface area contributed by atoms with Crippen molar-refractivity contribution in [1.29, 1.82) is 0 Å². The summed E-state index contributed by atoms with van der Waals surface area (Å²) in [5.41, 5.74) is 2.75. The Morgan fingerprint density at radius 1 is 1.17 bits per heavy atom. The van der Waals surface area contributed by atoms with E-state index in [0.717, 1.165) is 16.8 Å². The lowest BCUT2D eigenvalue weighted by atomic mass is 10.1. The predicted molar refractivity (Wildman–Crippen MR) is 87.7 cm³/mol. The van der Waals surface area contributed by atoms with Crippen LogP contribution in [0.2, 0.25) is 0 Å². The van der Waals surface area contributed by atoms with Crippen molar-refractivity contribution in [2.45, 2.75) is 27.3 Å². The minimum absolute atomic E-state index is 0.0565. The molecule has 6 nitrogen and oxygen atoms in total. The zero-order chi connectivity index (χ0) is 16.8. The summed E-state index contributed by atoms with van der Waals surface area (Å²) in [6, 6.07) is 8.94. The molecule has 0 saturated heterocycles. The maximum atomic E-state index is 11.8. The lowest BCUT2D eigenvalue weighted by Crippen LogP contribution is -2.34. The van der Waals surface area contributed by atoms with Crippen molar-refractivity contribution in [2.24, 2.45) is 0 Å². The van der Waals surface area contributed by atoms with Crippen LogP contribution in [0.1, 0.15) is 16.8 Å². The van der Waals surface area contributed by atoms with Gasteiger partial charge < -0.3 is 10.1 Å². The number of ether oxygens (including phenoxy) is 1. The minimum Gasteiger partial charge on any atom is -0.484 e. The number of hydrogen-bond donors (Lipinski definition) is 1. The first-order chi connectivity index (χ1) is 10.9. The minimum atomic E-state index is -0.232. The Bertz CT molecular complexity index is 733. The van der Waals surface area contributed by atoms with Crippen LogP contribution in [0.15, 0.2) is 35.1 Å². The first-order valence-corrected chi connectivity index (χ1v) is 7.46. The fourth-order valence-electron chi connectivity index (χ4n) is 2.23. The lowest BCUT2D eigenvalue weighted by molar-refractivity contribution is -0.123. The van der Waals surface area contributed by atoms with Crippen LogP contribution in [-0.4, -0.2) is 28.8 Å². The molecule has 0 aliphatic carbocycles. The van der Waals surface area contributed by atoms with Crippen molar-refractivity contribution in [3.63, 3.8) is 0 Å². The highest BCUT2D eigenvalue weighted by atomic mass is 16.5. The summed E-state index contributed by atoms with van der Waals surface area (Å²) in [7, 11) is 0. The van der Waals surface area contributed by atoms with Crippen molar-refractivity contribution >= 4 is 5.91 Å². The van der Waals surface area contributed by atoms with Crippen molar-refractivity contribution < 1.29 is 9.53 Å². The molecule has 0 radical (unpaired) electrons. The van der Waals surface area contributed by atoms with E-state index in [1.165, 1.54) is 10.7 Å². The van der Waals surface area contributed by atoms with E-state index in [-0.39, 0.29) is 18.1 Å². The topological polar surface area (TPSA) is 73.2 Å². The average Bonchev–Trinajstić information content (AvgIpc) is 2.48. The van der Waals surface area contributed by atoms with Crippen LogP contribution in [0.25, 0.3) is 0 Å². The van der Waals surface area contributed by atoms with Crippen molar-refractivity contribution in [1.82, 2.24) is 15.1 Å². The number of hydrogen-bond acceptors (Lipinski definition) is 4. The number of amides is 1. The molecule has 2 rings (SSSR count). The normalized spacial score (nSPS) is 10.4. The Hall–Kier alpha value is -2.63. The Morgan fingerprint density at radius 2 is 1.87 bits per heavy atom. The molecule has 1 heterocycles. The Balaban J connectivity index is 1.79. The zero-order valence-corrected chi connectivity index (χ0v) is 13.6. The number of carbonyl (C=O) groups excluding carboxylic acids is 1. The molecule has 1 aromatic heterocycles. The highest BCUT2D eigenvalue weighted by Crippen LogP contribution is 2.15. The van der Waals surface area contributed by atoms with Gasteiger partial charge in [-0.05, 0) is 50.1 Å². The molecule has 0 unspecified atom stereocenters. The molecule has 122 valence electrons. The third kappa shape index (κ3) is 5.25. The van der Waals surface area contributed by atoms with E-state index < -0.39 is 0 Å². The van der Waals surface area contributed by atoms with Crippen LogP contribution in [-0.2, 0) is 11.3 Å². The molecular weight excluding hydrogens is 294 g/mol. The Labute approximate surface area is 135 Å². The second kappa shape index (κ2) is 7.58. The standard InChI is InChI=1S/C17H21N3O3/c1-12-8-13(2)10-15(9-12)23-11-16(21)18-6-7-20-17(22)5-4-14(3)19-20/h4-5,8-10H,6-7,11H2,1-3H3,(H,18,21). The molecule has 6 heteroatoms. The fraction of sp³-hybridized carbons (Fsp3) is 0.353. The molecule has 1 aromatic carbocycles. The van der Waals surface area contributed by atoms with Crippen LogP contribution in [0.3, 0.4) is 0 Å². The van der Waals surface area contributed by atoms with Gasteiger partial charge in [0.05, 0.1) is 12.2 Å². The smallest absolute Gasteiger partial charge is 0.266 e. The van der Waals surface area contributed by atoms with Gasteiger partial charge in [0.15, 0.2) is 6.61 Å². The second-order valence-corrected chi connectivity index (χ2v) is 5.50. The Morgan fingerprint density at radius 3 is 2.57 bits per heavy atom. The molecule has 0 bridgehead atoms. The summed E-state index contributed by atoms with van der Waals surface area (Å²) in [6.07, 6.45) is 0. The molecular formula is C17H21N3O3. The third-order valence-electron chi connectivity index (χ3n) is 3.21. The molecule has 0 saturated carbocycles. The summed E-state index contributed by atoms with van der Waals surface area (Å²) < 4.78 is 6.81. The van der Waals surface area contributed by atoms with Crippen LogP contribution in [0.5, 0.6) is 5.75 Å². The number of rotatable bonds is 6.